The summed E-state index contributed by atoms with van der Waals surface area (Å²) in [4.78, 5) is 15.3. The summed E-state index contributed by atoms with van der Waals surface area (Å²) in [5.41, 5.74) is 0.587. The van der Waals surface area contributed by atoms with Crippen molar-refractivity contribution in [2.45, 2.75) is 31.7 Å². The lowest BCUT2D eigenvalue weighted by molar-refractivity contribution is -0.154. The lowest BCUT2D eigenvalue weighted by atomic mass is 10.2. The SMILES string of the molecule is O=C(NCc1ccnc(OCC(F)(F)F)c1)NCC1CCCO1. The van der Waals surface area contributed by atoms with E-state index in [4.69, 9.17) is 4.74 Å². The fourth-order valence-corrected chi connectivity index (χ4v) is 2.05. The average Bonchev–Trinajstić information content (AvgIpc) is 3.02. The van der Waals surface area contributed by atoms with Gasteiger partial charge in [0, 0.05) is 32.0 Å². The maximum atomic E-state index is 12.1. The Morgan fingerprint density at radius 3 is 2.96 bits per heavy atom. The first-order valence-corrected chi connectivity index (χ1v) is 7.20. The summed E-state index contributed by atoms with van der Waals surface area (Å²) >= 11 is 0. The molecule has 0 saturated carbocycles. The van der Waals surface area contributed by atoms with Gasteiger partial charge in [0.2, 0.25) is 5.88 Å². The molecular weight excluding hydrogens is 315 g/mol. The lowest BCUT2D eigenvalue weighted by Gasteiger charge is -2.12. The first kappa shape index (κ1) is 17.3. The van der Waals surface area contributed by atoms with Crippen LogP contribution in [0, 0.1) is 0 Å². The molecule has 9 heteroatoms. The number of alkyl halides is 3. The number of pyridine rings is 1. The molecule has 0 spiro atoms. The molecule has 0 bridgehead atoms. The van der Waals surface area contributed by atoms with Crippen molar-refractivity contribution in [3.63, 3.8) is 0 Å². The fourth-order valence-electron chi connectivity index (χ4n) is 2.05. The average molecular weight is 333 g/mol. The van der Waals surface area contributed by atoms with Gasteiger partial charge in [0.05, 0.1) is 6.10 Å². The molecule has 128 valence electrons. The van der Waals surface area contributed by atoms with E-state index in [2.05, 4.69) is 20.4 Å². The van der Waals surface area contributed by atoms with Crippen LogP contribution in [0.5, 0.6) is 5.88 Å². The highest BCUT2D eigenvalue weighted by Crippen LogP contribution is 2.17. The van der Waals surface area contributed by atoms with Crippen LogP contribution in [0.4, 0.5) is 18.0 Å². The molecule has 1 aliphatic heterocycles. The van der Waals surface area contributed by atoms with Gasteiger partial charge in [-0.15, -0.1) is 0 Å². The van der Waals surface area contributed by atoms with E-state index in [1.54, 1.807) is 6.07 Å². The fraction of sp³-hybridized carbons (Fsp3) is 0.571. The number of nitrogens with zero attached hydrogens (tertiary/aromatic N) is 1. The van der Waals surface area contributed by atoms with Crippen molar-refractivity contribution in [1.82, 2.24) is 15.6 Å². The number of aromatic nitrogens is 1. The number of carbonyl (C=O) groups excluding carboxylic acids is 1. The highest BCUT2D eigenvalue weighted by molar-refractivity contribution is 5.73. The first-order chi connectivity index (χ1) is 10.9. The molecule has 6 nitrogen and oxygen atoms in total. The Kier molecular flexibility index (Phi) is 6.03. The first-order valence-electron chi connectivity index (χ1n) is 7.20. The third-order valence-corrected chi connectivity index (χ3v) is 3.15. The number of nitrogens with one attached hydrogen (secondary N) is 2. The Balaban J connectivity index is 1.73. The second-order valence-electron chi connectivity index (χ2n) is 5.10. The Morgan fingerprint density at radius 1 is 1.43 bits per heavy atom. The summed E-state index contributed by atoms with van der Waals surface area (Å²) in [6.07, 6.45) is -1.13. The van der Waals surface area contributed by atoms with Crippen molar-refractivity contribution in [1.29, 1.82) is 0 Å². The predicted molar refractivity (Wildman–Crippen MR) is 75.0 cm³/mol. The Bertz CT molecular complexity index is 519. The van der Waals surface area contributed by atoms with E-state index in [1.165, 1.54) is 12.3 Å². The minimum absolute atomic E-state index is 0.0454. The topological polar surface area (TPSA) is 72.5 Å². The van der Waals surface area contributed by atoms with Crippen LogP contribution in [-0.4, -0.2) is 43.1 Å². The standard InChI is InChI=1S/C14H18F3N3O3/c15-14(16,17)9-23-12-6-10(3-4-18-12)7-19-13(21)20-8-11-2-1-5-22-11/h3-4,6,11H,1-2,5,7-9H2,(H2,19,20,21). The monoisotopic (exact) mass is 333 g/mol. The molecule has 23 heavy (non-hydrogen) atoms. The van der Waals surface area contributed by atoms with Crippen LogP contribution in [0.15, 0.2) is 18.3 Å². The normalized spacial score (nSPS) is 17.8. The molecule has 1 atom stereocenters. The summed E-state index contributed by atoms with van der Waals surface area (Å²) in [6.45, 7) is -0.102. The van der Waals surface area contributed by atoms with Gasteiger partial charge >= 0.3 is 12.2 Å². The van der Waals surface area contributed by atoms with E-state index in [0.29, 0.717) is 18.7 Å². The molecule has 0 aromatic carbocycles. The molecule has 0 aliphatic carbocycles. The highest BCUT2D eigenvalue weighted by atomic mass is 19.4. The lowest BCUT2D eigenvalue weighted by Crippen LogP contribution is -2.39. The smallest absolute Gasteiger partial charge is 0.422 e. The van der Waals surface area contributed by atoms with Gasteiger partial charge < -0.3 is 20.1 Å². The van der Waals surface area contributed by atoms with E-state index in [1.807, 2.05) is 0 Å². The van der Waals surface area contributed by atoms with Gasteiger partial charge in [-0.2, -0.15) is 13.2 Å². The number of amides is 2. The predicted octanol–water partition coefficient (Wildman–Crippen LogP) is 2.00. The third kappa shape index (κ3) is 6.72. The van der Waals surface area contributed by atoms with E-state index < -0.39 is 12.8 Å². The van der Waals surface area contributed by atoms with E-state index in [0.717, 1.165) is 12.8 Å². The maximum Gasteiger partial charge on any atom is 0.422 e. The number of ether oxygens (including phenoxy) is 2. The number of halogens is 3. The summed E-state index contributed by atoms with van der Waals surface area (Å²) in [5, 5.41) is 5.30. The molecule has 0 radical (unpaired) electrons. The van der Waals surface area contributed by atoms with Gasteiger partial charge in [-0.25, -0.2) is 9.78 Å². The minimum atomic E-state index is -4.42. The molecule has 1 aromatic rings. The van der Waals surface area contributed by atoms with Crippen molar-refractivity contribution in [3.05, 3.63) is 23.9 Å². The van der Waals surface area contributed by atoms with E-state index >= 15 is 0 Å². The number of urea groups is 1. The molecule has 2 rings (SSSR count). The maximum absolute atomic E-state index is 12.1. The van der Waals surface area contributed by atoms with Crippen molar-refractivity contribution < 1.29 is 27.4 Å². The molecule has 1 aliphatic rings. The summed E-state index contributed by atoms with van der Waals surface area (Å²) in [6, 6.07) is 2.57. The van der Waals surface area contributed by atoms with Gasteiger partial charge in [0.15, 0.2) is 6.61 Å². The van der Waals surface area contributed by atoms with Crippen LogP contribution in [0.2, 0.25) is 0 Å². The Labute approximate surface area is 131 Å². The Hall–Kier alpha value is -2.03. The van der Waals surface area contributed by atoms with Crippen LogP contribution in [0.3, 0.4) is 0 Å². The zero-order valence-electron chi connectivity index (χ0n) is 12.4. The van der Waals surface area contributed by atoms with Crippen LogP contribution in [-0.2, 0) is 11.3 Å². The van der Waals surface area contributed by atoms with Gasteiger partial charge in [-0.05, 0) is 24.5 Å². The van der Waals surface area contributed by atoms with Crippen LogP contribution < -0.4 is 15.4 Å². The van der Waals surface area contributed by atoms with Crippen LogP contribution >= 0.6 is 0 Å². The number of rotatable bonds is 6. The van der Waals surface area contributed by atoms with Gasteiger partial charge in [-0.1, -0.05) is 0 Å². The largest absolute Gasteiger partial charge is 0.468 e. The zero-order chi connectivity index (χ0) is 16.7. The molecule has 2 N–H and O–H groups in total. The van der Waals surface area contributed by atoms with Gasteiger partial charge in [0.1, 0.15) is 0 Å². The second-order valence-corrected chi connectivity index (χ2v) is 5.10. The number of hydrogen-bond donors (Lipinski definition) is 2. The highest BCUT2D eigenvalue weighted by Gasteiger charge is 2.28. The molecule has 1 unspecified atom stereocenters. The molecule has 1 aromatic heterocycles. The molecule has 2 amide bonds. The van der Waals surface area contributed by atoms with E-state index in [9.17, 15) is 18.0 Å². The van der Waals surface area contributed by atoms with Crippen molar-refractivity contribution in [2.75, 3.05) is 19.8 Å². The molecule has 1 fully saturated rings. The summed E-state index contributed by atoms with van der Waals surface area (Å²) in [7, 11) is 0. The summed E-state index contributed by atoms with van der Waals surface area (Å²) < 4.78 is 46.2. The minimum Gasteiger partial charge on any atom is -0.468 e. The number of carbonyl (C=O) groups is 1. The van der Waals surface area contributed by atoms with Crippen molar-refractivity contribution in [2.24, 2.45) is 0 Å². The molecule has 1 saturated heterocycles. The van der Waals surface area contributed by atoms with Gasteiger partial charge in [-0.3, -0.25) is 0 Å². The Morgan fingerprint density at radius 2 is 2.26 bits per heavy atom. The van der Waals surface area contributed by atoms with E-state index in [-0.39, 0.29) is 24.6 Å². The molecule has 2 heterocycles. The van der Waals surface area contributed by atoms with Crippen molar-refractivity contribution in [3.8, 4) is 5.88 Å². The summed E-state index contributed by atoms with van der Waals surface area (Å²) in [5.74, 6) is -0.138. The second kappa shape index (κ2) is 8.00. The molecular formula is C14H18F3N3O3. The van der Waals surface area contributed by atoms with Gasteiger partial charge in [0.25, 0.3) is 0 Å². The quantitative estimate of drug-likeness (QED) is 0.835. The third-order valence-electron chi connectivity index (χ3n) is 3.15. The number of hydrogen-bond acceptors (Lipinski definition) is 4. The van der Waals surface area contributed by atoms with Crippen LogP contribution in [0.1, 0.15) is 18.4 Å². The zero-order valence-corrected chi connectivity index (χ0v) is 12.4. The van der Waals surface area contributed by atoms with Crippen LogP contribution in [0.25, 0.3) is 0 Å². The van der Waals surface area contributed by atoms with Crippen molar-refractivity contribution >= 4 is 6.03 Å².